The van der Waals surface area contributed by atoms with Crippen LogP contribution in [0.1, 0.15) is 0 Å². The molecule has 0 aliphatic rings. The summed E-state index contributed by atoms with van der Waals surface area (Å²) in [5, 5.41) is 4.11. The lowest BCUT2D eigenvalue weighted by Crippen LogP contribution is -2.10. The van der Waals surface area contributed by atoms with E-state index in [1.54, 1.807) is 24.3 Å². The first kappa shape index (κ1) is 31.5. The van der Waals surface area contributed by atoms with Gasteiger partial charge in [-0.25, -0.2) is 8.78 Å². The first-order chi connectivity index (χ1) is 26.6. The zero-order chi connectivity index (χ0) is 36.2. The third-order valence-corrected chi connectivity index (χ3v) is 10.0. The Morgan fingerprint density at radius 2 is 0.648 bits per heavy atom. The number of furan rings is 2. The highest BCUT2D eigenvalue weighted by atomic mass is 19.1. The molecule has 0 aliphatic heterocycles. The van der Waals surface area contributed by atoms with Gasteiger partial charge in [-0.2, -0.15) is 0 Å². The molecule has 0 atom stereocenters. The van der Waals surface area contributed by atoms with Crippen molar-refractivity contribution in [1.29, 1.82) is 0 Å². The standard InChI is InChI=1S/C48H30F2N2O2/c49-33-19-27-37(28-20-33)51(43-11-5-9-41-39-7-1-3-13-45(39)53-47(41)43)35-23-15-31(16-24-35)32-17-25-36(26-18-32)52(38-29-21-34(50)22-30-38)44-12-6-10-42-40-8-2-4-14-46(40)54-48(42)44/h1-30H. The minimum Gasteiger partial charge on any atom is -0.454 e. The predicted molar refractivity (Wildman–Crippen MR) is 216 cm³/mol. The molecule has 4 nitrogen and oxygen atoms in total. The topological polar surface area (TPSA) is 32.8 Å². The quantitative estimate of drug-likeness (QED) is 0.165. The molecule has 0 aliphatic carbocycles. The van der Waals surface area contributed by atoms with Crippen molar-refractivity contribution in [1.82, 2.24) is 0 Å². The highest BCUT2D eigenvalue weighted by Gasteiger charge is 2.21. The van der Waals surface area contributed by atoms with Crippen LogP contribution >= 0.6 is 0 Å². The molecule has 6 heteroatoms. The SMILES string of the molecule is Fc1ccc(N(c2ccc(-c3ccc(N(c4ccc(F)cc4)c4cccc5c4oc4ccccc45)cc3)cc2)c2cccc3c2oc2ccccc23)cc1. The number of halogens is 2. The second-order valence-electron chi connectivity index (χ2n) is 13.2. The lowest BCUT2D eigenvalue weighted by molar-refractivity contribution is 0.627. The van der Waals surface area contributed by atoms with Gasteiger partial charge < -0.3 is 18.6 Å². The maximum absolute atomic E-state index is 14.1. The van der Waals surface area contributed by atoms with Crippen molar-refractivity contribution in [2.75, 3.05) is 9.80 Å². The Bertz CT molecular complexity index is 2740. The minimum atomic E-state index is -0.299. The zero-order valence-corrected chi connectivity index (χ0v) is 28.8. The average Bonchev–Trinajstić information content (AvgIpc) is 3.80. The molecular weight excluding hydrogens is 675 g/mol. The van der Waals surface area contributed by atoms with Crippen LogP contribution in [0, 0.1) is 11.6 Å². The fourth-order valence-corrected chi connectivity index (χ4v) is 7.46. The summed E-state index contributed by atoms with van der Waals surface area (Å²) in [6.45, 7) is 0. The van der Waals surface area contributed by atoms with Crippen LogP contribution in [0.5, 0.6) is 0 Å². The fraction of sp³-hybridized carbons (Fsp3) is 0. The van der Waals surface area contributed by atoms with Crippen LogP contribution in [-0.2, 0) is 0 Å². The van der Waals surface area contributed by atoms with Gasteiger partial charge in [0.15, 0.2) is 11.2 Å². The number of rotatable bonds is 7. The molecule has 10 rings (SSSR count). The van der Waals surface area contributed by atoms with Crippen LogP contribution in [0.15, 0.2) is 191 Å². The molecule has 0 saturated carbocycles. The fourth-order valence-electron chi connectivity index (χ4n) is 7.46. The van der Waals surface area contributed by atoms with Gasteiger partial charge in [0.25, 0.3) is 0 Å². The minimum absolute atomic E-state index is 0.299. The molecule has 2 heterocycles. The van der Waals surface area contributed by atoms with Crippen LogP contribution < -0.4 is 9.80 Å². The van der Waals surface area contributed by atoms with E-state index < -0.39 is 0 Å². The lowest BCUT2D eigenvalue weighted by atomic mass is 10.0. The molecular formula is C48H30F2N2O2. The van der Waals surface area contributed by atoms with Gasteiger partial charge >= 0.3 is 0 Å². The van der Waals surface area contributed by atoms with Crippen molar-refractivity contribution in [3.05, 3.63) is 194 Å². The molecule has 0 N–H and O–H groups in total. The number of para-hydroxylation sites is 4. The van der Waals surface area contributed by atoms with Gasteiger partial charge in [0, 0.05) is 44.3 Å². The molecule has 0 amide bonds. The van der Waals surface area contributed by atoms with Crippen molar-refractivity contribution < 1.29 is 17.6 Å². The molecule has 258 valence electrons. The van der Waals surface area contributed by atoms with E-state index in [-0.39, 0.29) is 11.6 Å². The number of anilines is 6. The molecule has 0 saturated heterocycles. The van der Waals surface area contributed by atoms with Crippen LogP contribution in [0.3, 0.4) is 0 Å². The summed E-state index contributed by atoms with van der Waals surface area (Å²) in [5.74, 6) is -0.599. The van der Waals surface area contributed by atoms with E-state index >= 15 is 0 Å². The van der Waals surface area contributed by atoms with Gasteiger partial charge in [0.1, 0.15) is 22.8 Å². The Morgan fingerprint density at radius 3 is 1.04 bits per heavy atom. The molecule has 0 bridgehead atoms. The summed E-state index contributed by atoms with van der Waals surface area (Å²) in [6.07, 6.45) is 0. The summed E-state index contributed by atoms with van der Waals surface area (Å²) in [4.78, 5) is 4.19. The van der Waals surface area contributed by atoms with Gasteiger partial charge in [0.05, 0.1) is 11.4 Å². The molecule has 0 unspecified atom stereocenters. The summed E-state index contributed by atoms with van der Waals surface area (Å²) in [7, 11) is 0. The lowest BCUT2D eigenvalue weighted by Gasteiger charge is -2.26. The third kappa shape index (κ3) is 5.35. The molecule has 0 fully saturated rings. The maximum atomic E-state index is 14.1. The van der Waals surface area contributed by atoms with E-state index in [0.717, 1.165) is 89.1 Å². The van der Waals surface area contributed by atoms with Gasteiger partial charge in [-0.3, -0.25) is 0 Å². The van der Waals surface area contributed by atoms with Gasteiger partial charge in [-0.05, 0) is 108 Å². The van der Waals surface area contributed by atoms with Gasteiger partial charge in [-0.15, -0.1) is 0 Å². The number of fused-ring (bicyclic) bond motifs is 6. The molecule has 8 aromatic carbocycles. The first-order valence-corrected chi connectivity index (χ1v) is 17.7. The largest absolute Gasteiger partial charge is 0.454 e. The number of nitrogens with zero attached hydrogens (tertiary/aromatic N) is 2. The smallest absolute Gasteiger partial charge is 0.159 e. The summed E-state index contributed by atoms with van der Waals surface area (Å²) >= 11 is 0. The number of hydrogen-bond donors (Lipinski definition) is 0. The Morgan fingerprint density at radius 1 is 0.315 bits per heavy atom. The highest BCUT2D eigenvalue weighted by Crippen LogP contribution is 2.44. The average molecular weight is 705 g/mol. The predicted octanol–water partition coefficient (Wildman–Crippen LogP) is 14.4. The Kier molecular flexibility index (Phi) is 7.47. The summed E-state index contributed by atoms with van der Waals surface area (Å²) < 4.78 is 41.1. The van der Waals surface area contributed by atoms with Crippen molar-refractivity contribution in [2.45, 2.75) is 0 Å². The highest BCUT2D eigenvalue weighted by molar-refractivity contribution is 6.11. The zero-order valence-electron chi connectivity index (χ0n) is 28.8. The number of benzene rings is 8. The van der Waals surface area contributed by atoms with Gasteiger partial charge in [-0.1, -0.05) is 84.9 Å². The van der Waals surface area contributed by atoms with Gasteiger partial charge in [0.2, 0.25) is 0 Å². The molecule has 0 spiro atoms. The molecule has 0 radical (unpaired) electrons. The van der Waals surface area contributed by atoms with Crippen LogP contribution in [0.4, 0.5) is 42.9 Å². The molecule has 10 aromatic rings. The van der Waals surface area contributed by atoms with Crippen molar-refractivity contribution >= 4 is 78.0 Å². The van der Waals surface area contributed by atoms with E-state index in [9.17, 15) is 8.78 Å². The number of hydrogen-bond acceptors (Lipinski definition) is 4. The second kappa shape index (κ2) is 12.8. The Hall–Kier alpha value is -7.18. The normalized spacial score (nSPS) is 11.5. The van der Waals surface area contributed by atoms with Crippen LogP contribution in [-0.4, -0.2) is 0 Å². The van der Waals surface area contributed by atoms with E-state index in [1.807, 2.05) is 60.7 Å². The van der Waals surface area contributed by atoms with Crippen molar-refractivity contribution in [3.63, 3.8) is 0 Å². The van der Waals surface area contributed by atoms with Crippen molar-refractivity contribution in [2.24, 2.45) is 0 Å². The third-order valence-electron chi connectivity index (χ3n) is 10.0. The molecule has 54 heavy (non-hydrogen) atoms. The molecule has 2 aromatic heterocycles. The van der Waals surface area contributed by atoms with Crippen LogP contribution in [0.25, 0.3) is 55.0 Å². The maximum Gasteiger partial charge on any atom is 0.159 e. The van der Waals surface area contributed by atoms with E-state index in [0.29, 0.717) is 0 Å². The summed E-state index contributed by atoms with van der Waals surface area (Å²) in [6, 6.07) is 57.9. The Balaban J connectivity index is 1.03. The monoisotopic (exact) mass is 704 g/mol. The van der Waals surface area contributed by atoms with Crippen molar-refractivity contribution in [3.8, 4) is 11.1 Å². The second-order valence-corrected chi connectivity index (χ2v) is 13.2. The summed E-state index contributed by atoms with van der Waals surface area (Å²) in [5.41, 5.74) is 10.3. The van der Waals surface area contributed by atoms with E-state index in [2.05, 4.69) is 82.6 Å². The van der Waals surface area contributed by atoms with E-state index in [1.165, 1.54) is 24.3 Å². The van der Waals surface area contributed by atoms with E-state index in [4.69, 9.17) is 8.83 Å². The Labute approximate surface area is 309 Å². The first-order valence-electron chi connectivity index (χ1n) is 17.7. The van der Waals surface area contributed by atoms with Crippen LogP contribution in [0.2, 0.25) is 0 Å².